The first kappa shape index (κ1) is 14.2. The summed E-state index contributed by atoms with van der Waals surface area (Å²) in [5.74, 6) is 0.726. The molecule has 1 aliphatic heterocycles. The van der Waals surface area contributed by atoms with Crippen LogP contribution in [0.4, 0.5) is 10.3 Å². The van der Waals surface area contributed by atoms with E-state index in [2.05, 4.69) is 19.9 Å². The van der Waals surface area contributed by atoms with Crippen molar-refractivity contribution in [2.45, 2.75) is 26.2 Å². The Hall–Kier alpha value is -1.75. The maximum atomic E-state index is 13.7. The fourth-order valence-electron chi connectivity index (χ4n) is 2.55. The van der Waals surface area contributed by atoms with Crippen LogP contribution in [-0.2, 0) is 0 Å². The molecule has 0 spiro atoms. The Morgan fingerprint density at radius 3 is 2.62 bits per heavy atom. The van der Waals surface area contributed by atoms with Crippen LogP contribution < -0.4 is 4.90 Å². The molecule has 1 aliphatic rings. The van der Waals surface area contributed by atoms with Crippen molar-refractivity contribution in [3.63, 3.8) is 0 Å². The van der Waals surface area contributed by atoms with E-state index in [0.29, 0.717) is 22.9 Å². The van der Waals surface area contributed by atoms with Crippen LogP contribution in [0.1, 0.15) is 24.8 Å². The van der Waals surface area contributed by atoms with Gasteiger partial charge in [0.15, 0.2) is 5.82 Å². The summed E-state index contributed by atoms with van der Waals surface area (Å²) in [6, 6.07) is 4.87. The van der Waals surface area contributed by atoms with Gasteiger partial charge in [0.25, 0.3) is 0 Å². The van der Waals surface area contributed by atoms with Crippen molar-refractivity contribution in [1.82, 2.24) is 15.0 Å². The zero-order chi connectivity index (χ0) is 14.8. The second-order valence-corrected chi connectivity index (χ2v) is 5.53. The Bertz CT molecular complexity index is 656. The average molecular weight is 307 g/mol. The van der Waals surface area contributed by atoms with E-state index in [1.165, 1.54) is 12.5 Å². The summed E-state index contributed by atoms with van der Waals surface area (Å²) in [6.45, 7) is 3.55. The van der Waals surface area contributed by atoms with Gasteiger partial charge in [-0.15, -0.1) is 0 Å². The number of benzene rings is 1. The standard InChI is InChI=1S/C15H16ClFN4/c1-10-11(6-5-7-12(10)17)13-18-14(16)20-15(19-13)21-8-3-2-4-9-21/h5-7H,2-4,8-9H2,1H3. The Kier molecular flexibility index (Phi) is 4.01. The van der Waals surface area contributed by atoms with Crippen LogP contribution in [0.25, 0.3) is 11.4 Å². The number of aromatic nitrogens is 3. The molecule has 1 aromatic heterocycles. The minimum absolute atomic E-state index is 0.143. The quantitative estimate of drug-likeness (QED) is 0.849. The smallest absolute Gasteiger partial charge is 0.230 e. The van der Waals surface area contributed by atoms with Crippen molar-refractivity contribution in [2.24, 2.45) is 0 Å². The van der Waals surface area contributed by atoms with Gasteiger partial charge in [-0.2, -0.15) is 15.0 Å². The molecule has 4 nitrogen and oxygen atoms in total. The molecule has 2 aromatic rings. The normalized spacial score (nSPS) is 15.3. The van der Waals surface area contributed by atoms with Gasteiger partial charge in [-0.1, -0.05) is 12.1 Å². The van der Waals surface area contributed by atoms with Gasteiger partial charge in [0, 0.05) is 18.7 Å². The van der Waals surface area contributed by atoms with Crippen LogP contribution in [0.5, 0.6) is 0 Å². The summed E-state index contributed by atoms with van der Waals surface area (Å²) in [5, 5.41) is 0.143. The number of hydrogen-bond acceptors (Lipinski definition) is 4. The molecule has 110 valence electrons. The number of piperidine rings is 1. The Morgan fingerprint density at radius 2 is 1.86 bits per heavy atom. The maximum absolute atomic E-state index is 13.7. The number of rotatable bonds is 2. The SMILES string of the molecule is Cc1c(F)cccc1-c1nc(Cl)nc(N2CCCCC2)n1. The second-order valence-electron chi connectivity index (χ2n) is 5.19. The van der Waals surface area contributed by atoms with E-state index in [4.69, 9.17) is 11.6 Å². The topological polar surface area (TPSA) is 41.9 Å². The van der Waals surface area contributed by atoms with Gasteiger partial charge in [-0.3, -0.25) is 0 Å². The van der Waals surface area contributed by atoms with Gasteiger partial charge >= 0.3 is 0 Å². The molecule has 3 rings (SSSR count). The lowest BCUT2D eigenvalue weighted by molar-refractivity contribution is 0.567. The van der Waals surface area contributed by atoms with Crippen molar-refractivity contribution < 1.29 is 4.39 Å². The van der Waals surface area contributed by atoms with E-state index in [0.717, 1.165) is 25.9 Å². The van der Waals surface area contributed by atoms with Crippen LogP contribution >= 0.6 is 11.6 Å². The molecule has 0 radical (unpaired) electrons. The molecule has 1 aromatic carbocycles. The lowest BCUT2D eigenvalue weighted by atomic mass is 10.1. The number of anilines is 1. The molecule has 0 bridgehead atoms. The van der Waals surface area contributed by atoms with Gasteiger partial charge in [0.05, 0.1) is 0 Å². The average Bonchev–Trinajstić information content (AvgIpc) is 2.50. The zero-order valence-corrected chi connectivity index (χ0v) is 12.6. The molecule has 2 heterocycles. The van der Waals surface area contributed by atoms with Crippen LogP contribution in [0.2, 0.25) is 5.28 Å². The third-order valence-corrected chi connectivity index (χ3v) is 3.91. The fraction of sp³-hybridized carbons (Fsp3) is 0.400. The van der Waals surface area contributed by atoms with Gasteiger partial charge < -0.3 is 4.90 Å². The first-order valence-electron chi connectivity index (χ1n) is 7.07. The van der Waals surface area contributed by atoms with E-state index in [-0.39, 0.29) is 11.1 Å². The molecule has 0 atom stereocenters. The van der Waals surface area contributed by atoms with E-state index in [9.17, 15) is 4.39 Å². The molecule has 1 fully saturated rings. The summed E-state index contributed by atoms with van der Waals surface area (Å²) in [6.07, 6.45) is 3.47. The highest BCUT2D eigenvalue weighted by atomic mass is 35.5. The lowest BCUT2D eigenvalue weighted by Crippen LogP contribution is -2.31. The van der Waals surface area contributed by atoms with Gasteiger partial charge in [-0.05, 0) is 49.4 Å². The Balaban J connectivity index is 2.03. The molecular formula is C15H16ClFN4. The van der Waals surface area contributed by atoms with Crippen molar-refractivity contribution in [3.05, 3.63) is 34.9 Å². The van der Waals surface area contributed by atoms with Gasteiger partial charge in [0.1, 0.15) is 5.82 Å². The molecule has 6 heteroatoms. The van der Waals surface area contributed by atoms with E-state index >= 15 is 0 Å². The maximum Gasteiger partial charge on any atom is 0.230 e. The third kappa shape index (κ3) is 2.97. The first-order chi connectivity index (χ1) is 10.1. The van der Waals surface area contributed by atoms with E-state index < -0.39 is 0 Å². The molecule has 21 heavy (non-hydrogen) atoms. The van der Waals surface area contributed by atoms with Crippen LogP contribution in [0.3, 0.4) is 0 Å². The minimum atomic E-state index is -0.274. The summed E-state index contributed by atoms with van der Waals surface area (Å²) >= 11 is 6.03. The minimum Gasteiger partial charge on any atom is -0.341 e. The highest BCUT2D eigenvalue weighted by Crippen LogP contribution is 2.25. The fourth-order valence-corrected chi connectivity index (χ4v) is 2.70. The van der Waals surface area contributed by atoms with Crippen LogP contribution in [0, 0.1) is 12.7 Å². The number of hydrogen-bond donors (Lipinski definition) is 0. The zero-order valence-electron chi connectivity index (χ0n) is 11.8. The summed E-state index contributed by atoms with van der Waals surface area (Å²) < 4.78 is 13.7. The summed E-state index contributed by atoms with van der Waals surface area (Å²) in [7, 11) is 0. The summed E-state index contributed by atoms with van der Waals surface area (Å²) in [4.78, 5) is 14.9. The third-order valence-electron chi connectivity index (χ3n) is 3.74. The molecule has 1 saturated heterocycles. The second kappa shape index (κ2) is 5.93. The molecule has 0 saturated carbocycles. The molecule has 0 unspecified atom stereocenters. The molecular weight excluding hydrogens is 291 g/mol. The predicted octanol–water partition coefficient (Wildman–Crippen LogP) is 3.63. The highest BCUT2D eigenvalue weighted by molar-refractivity contribution is 6.28. The number of halogens is 2. The van der Waals surface area contributed by atoms with E-state index in [1.807, 2.05) is 0 Å². The predicted molar refractivity (Wildman–Crippen MR) is 81.0 cm³/mol. The van der Waals surface area contributed by atoms with Crippen molar-refractivity contribution in [3.8, 4) is 11.4 Å². The monoisotopic (exact) mass is 306 g/mol. The molecule has 0 aliphatic carbocycles. The lowest BCUT2D eigenvalue weighted by Gasteiger charge is -2.26. The largest absolute Gasteiger partial charge is 0.341 e. The van der Waals surface area contributed by atoms with Gasteiger partial charge in [0.2, 0.25) is 11.2 Å². The van der Waals surface area contributed by atoms with Gasteiger partial charge in [-0.25, -0.2) is 4.39 Å². The number of nitrogens with zero attached hydrogens (tertiary/aromatic N) is 4. The van der Waals surface area contributed by atoms with Crippen molar-refractivity contribution in [1.29, 1.82) is 0 Å². The van der Waals surface area contributed by atoms with Crippen LogP contribution in [0.15, 0.2) is 18.2 Å². The van der Waals surface area contributed by atoms with Crippen molar-refractivity contribution >= 4 is 17.5 Å². The highest BCUT2D eigenvalue weighted by Gasteiger charge is 2.17. The Morgan fingerprint density at radius 1 is 1.10 bits per heavy atom. The molecule has 0 amide bonds. The van der Waals surface area contributed by atoms with E-state index in [1.54, 1.807) is 19.1 Å². The first-order valence-corrected chi connectivity index (χ1v) is 7.45. The van der Waals surface area contributed by atoms with Crippen LogP contribution in [-0.4, -0.2) is 28.0 Å². The van der Waals surface area contributed by atoms with Crippen molar-refractivity contribution in [2.75, 3.05) is 18.0 Å². The summed E-state index contributed by atoms with van der Waals surface area (Å²) in [5.41, 5.74) is 1.17. The molecule has 0 N–H and O–H groups in total. The Labute approximate surface area is 128 Å².